The maximum Gasteiger partial charge on any atom is 0.0526 e. The molecule has 0 aromatic heterocycles. The van der Waals surface area contributed by atoms with E-state index in [1.165, 1.54) is 0 Å². The Morgan fingerprint density at radius 3 is 2.62 bits per heavy atom. The second-order valence-electron chi connectivity index (χ2n) is 3.92. The highest BCUT2D eigenvalue weighted by Crippen LogP contribution is 2.20. The Hall–Kier alpha value is -1.02. The molecule has 0 amide bonds. The molecule has 72 valence electrons. The van der Waals surface area contributed by atoms with Crippen molar-refractivity contribution in [1.29, 1.82) is 0 Å². The van der Waals surface area contributed by atoms with Crippen LogP contribution in [0.25, 0.3) is 0 Å². The van der Waals surface area contributed by atoms with Crippen molar-refractivity contribution in [3.8, 4) is 0 Å². The third-order valence-electron chi connectivity index (χ3n) is 2.59. The second-order valence-corrected chi connectivity index (χ2v) is 3.92. The van der Waals surface area contributed by atoms with Gasteiger partial charge < -0.3 is 11.5 Å². The van der Waals surface area contributed by atoms with E-state index in [-0.39, 0.29) is 5.54 Å². The molecule has 1 aliphatic rings. The fraction of sp³-hybridized carbons (Fsp3) is 0.455. The van der Waals surface area contributed by atoms with Crippen molar-refractivity contribution in [3.63, 3.8) is 0 Å². The van der Waals surface area contributed by atoms with Gasteiger partial charge in [0.05, 0.1) is 5.54 Å². The van der Waals surface area contributed by atoms with Crippen LogP contribution in [0.15, 0.2) is 35.1 Å². The van der Waals surface area contributed by atoms with Crippen LogP contribution < -0.4 is 11.5 Å². The van der Waals surface area contributed by atoms with Gasteiger partial charge in [-0.3, -0.25) is 0 Å². The summed E-state index contributed by atoms with van der Waals surface area (Å²) >= 11 is 0. The summed E-state index contributed by atoms with van der Waals surface area (Å²) in [5.41, 5.74) is 14.8. The molecule has 0 aromatic rings. The van der Waals surface area contributed by atoms with E-state index >= 15 is 0 Å². The molecular weight excluding hydrogens is 160 g/mol. The first-order chi connectivity index (χ1) is 5.93. The molecule has 1 unspecified atom stereocenters. The van der Waals surface area contributed by atoms with Gasteiger partial charge in [-0.1, -0.05) is 18.2 Å². The van der Waals surface area contributed by atoms with E-state index in [0.717, 1.165) is 23.3 Å². The zero-order chi connectivity index (χ0) is 10.1. The van der Waals surface area contributed by atoms with Gasteiger partial charge in [0.1, 0.15) is 0 Å². The van der Waals surface area contributed by atoms with Gasteiger partial charge in [-0.15, -0.1) is 0 Å². The predicted octanol–water partition coefficient (Wildman–Crippen LogP) is 1.84. The molecule has 1 atom stereocenters. The van der Waals surface area contributed by atoms with Crippen LogP contribution in [0.4, 0.5) is 0 Å². The average Bonchev–Trinajstić information content (AvgIpc) is 2.02. The summed E-state index contributed by atoms with van der Waals surface area (Å²) in [7, 11) is 0. The van der Waals surface area contributed by atoms with E-state index in [0.29, 0.717) is 0 Å². The Balaban J connectivity index is 3.14. The highest BCUT2D eigenvalue weighted by atomic mass is 14.7. The maximum absolute atomic E-state index is 6.08. The molecule has 0 heterocycles. The van der Waals surface area contributed by atoms with E-state index < -0.39 is 0 Å². The van der Waals surface area contributed by atoms with Crippen LogP contribution in [0, 0.1) is 0 Å². The van der Waals surface area contributed by atoms with E-state index in [1.54, 1.807) is 0 Å². The quantitative estimate of drug-likeness (QED) is 0.556. The molecular formula is C11H18N2. The SMILES string of the molecule is CC1=C(N)C/C=C\C(C)(N)/C(C)=C\1. The van der Waals surface area contributed by atoms with Crippen molar-refractivity contribution in [2.24, 2.45) is 11.5 Å². The summed E-state index contributed by atoms with van der Waals surface area (Å²) in [5, 5.41) is 0. The number of allylic oxidation sites excluding steroid dienone is 3. The van der Waals surface area contributed by atoms with Crippen LogP contribution in [-0.4, -0.2) is 5.54 Å². The number of hydrogen-bond acceptors (Lipinski definition) is 2. The Bertz CT molecular complexity index is 293. The van der Waals surface area contributed by atoms with Crippen LogP contribution in [0.1, 0.15) is 27.2 Å². The fourth-order valence-electron chi connectivity index (χ4n) is 1.30. The van der Waals surface area contributed by atoms with Gasteiger partial charge in [0, 0.05) is 12.1 Å². The Morgan fingerprint density at radius 2 is 2.00 bits per heavy atom. The van der Waals surface area contributed by atoms with E-state index in [4.69, 9.17) is 11.5 Å². The molecule has 0 aliphatic heterocycles. The van der Waals surface area contributed by atoms with Crippen molar-refractivity contribution in [2.45, 2.75) is 32.7 Å². The first-order valence-electron chi connectivity index (χ1n) is 4.54. The lowest BCUT2D eigenvalue weighted by Crippen LogP contribution is -2.35. The summed E-state index contributed by atoms with van der Waals surface area (Å²) in [6, 6.07) is 0. The number of nitrogens with two attached hydrogens (primary N) is 2. The molecule has 2 nitrogen and oxygen atoms in total. The lowest BCUT2D eigenvalue weighted by molar-refractivity contribution is 0.680. The molecule has 0 saturated heterocycles. The second kappa shape index (κ2) is 3.38. The zero-order valence-electron chi connectivity index (χ0n) is 8.59. The topological polar surface area (TPSA) is 52.0 Å². The van der Waals surface area contributed by atoms with Crippen LogP contribution in [0.2, 0.25) is 0 Å². The molecule has 0 saturated carbocycles. The minimum absolute atomic E-state index is 0.331. The Kier molecular flexibility index (Phi) is 2.62. The molecule has 0 radical (unpaired) electrons. The predicted molar refractivity (Wildman–Crippen MR) is 57.0 cm³/mol. The standard InChI is InChI=1S/C11H18N2/c1-8-7-9(2)11(3,13)6-4-5-10(8)12/h4,6-7H,5,12-13H2,1-3H3/b6-4-,9-7-,10-8?. The van der Waals surface area contributed by atoms with Crippen LogP contribution in [-0.2, 0) is 0 Å². The van der Waals surface area contributed by atoms with Gasteiger partial charge >= 0.3 is 0 Å². The Morgan fingerprint density at radius 1 is 1.38 bits per heavy atom. The van der Waals surface area contributed by atoms with Crippen LogP contribution in [0.5, 0.6) is 0 Å². The molecule has 4 N–H and O–H groups in total. The van der Waals surface area contributed by atoms with Crippen molar-refractivity contribution in [3.05, 3.63) is 35.1 Å². The third-order valence-corrected chi connectivity index (χ3v) is 2.59. The van der Waals surface area contributed by atoms with Gasteiger partial charge in [0.2, 0.25) is 0 Å². The zero-order valence-corrected chi connectivity index (χ0v) is 8.59. The van der Waals surface area contributed by atoms with Crippen molar-refractivity contribution < 1.29 is 0 Å². The lowest BCUT2D eigenvalue weighted by atomic mass is 9.89. The normalized spacial score (nSPS) is 36.2. The summed E-state index contributed by atoms with van der Waals surface area (Å²) in [4.78, 5) is 0. The molecule has 1 rings (SSSR count). The van der Waals surface area contributed by atoms with Crippen molar-refractivity contribution >= 4 is 0 Å². The first-order valence-corrected chi connectivity index (χ1v) is 4.54. The maximum atomic E-state index is 6.08. The summed E-state index contributed by atoms with van der Waals surface area (Å²) in [5.74, 6) is 0. The highest BCUT2D eigenvalue weighted by Gasteiger charge is 2.17. The molecule has 2 heteroatoms. The van der Waals surface area contributed by atoms with E-state index in [2.05, 4.69) is 6.08 Å². The minimum Gasteiger partial charge on any atom is -0.402 e. The van der Waals surface area contributed by atoms with Gasteiger partial charge in [-0.05, 0) is 31.9 Å². The molecule has 0 fully saturated rings. The molecule has 0 spiro atoms. The molecule has 13 heavy (non-hydrogen) atoms. The van der Waals surface area contributed by atoms with Gasteiger partial charge in [0.25, 0.3) is 0 Å². The fourth-order valence-corrected chi connectivity index (χ4v) is 1.30. The molecule has 1 aliphatic carbocycles. The largest absolute Gasteiger partial charge is 0.402 e. The monoisotopic (exact) mass is 178 g/mol. The van der Waals surface area contributed by atoms with Gasteiger partial charge in [-0.25, -0.2) is 0 Å². The van der Waals surface area contributed by atoms with Gasteiger partial charge in [-0.2, -0.15) is 0 Å². The smallest absolute Gasteiger partial charge is 0.0526 e. The summed E-state index contributed by atoms with van der Waals surface area (Å²) in [6.45, 7) is 6.06. The van der Waals surface area contributed by atoms with Crippen molar-refractivity contribution in [2.75, 3.05) is 0 Å². The molecule has 0 bridgehead atoms. The van der Waals surface area contributed by atoms with Crippen molar-refractivity contribution in [1.82, 2.24) is 0 Å². The highest BCUT2D eigenvalue weighted by molar-refractivity contribution is 5.36. The third kappa shape index (κ3) is 2.22. The average molecular weight is 178 g/mol. The van der Waals surface area contributed by atoms with Crippen LogP contribution >= 0.6 is 0 Å². The first kappa shape index (κ1) is 10.1. The van der Waals surface area contributed by atoms with E-state index in [9.17, 15) is 0 Å². The number of hydrogen-bond donors (Lipinski definition) is 2. The summed E-state index contributed by atoms with van der Waals surface area (Å²) in [6.07, 6.45) is 6.91. The van der Waals surface area contributed by atoms with Gasteiger partial charge in [0.15, 0.2) is 0 Å². The van der Waals surface area contributed by atoms with E-state index in [1.807, 2.05) is 32.9 Å². The minimum atomic E-state index is -0.331. The van der Waals surface area contributed by atoms with Crippen LogP contribution in [0.3, 0.4) is 0 Å². The molecule has 0 aromatic carbocycles. The lowest BCUT2D eigenvalue weighted by Gasteiger charge is -2.23. The summed E-state index contributed by atoms with van der Waals surface area (Å²) < 4.78 is 0. The Labute approximate surface area is 80.0 Å². The number of rotatable bonds is 0.